The third kappa shape index (κ3) is 3.38. The van der Waals surface area contributed by atoms with Gasteiger partial charge in [-0.2, -0.15) is 0 Å². The molecule has 0 saturated heterocycles. The molecule has 1 nitrogen and oxygen atoms in total. The molecular weight excluding hydrogens is 298 g/mol. The largest absolute Gasteiger partial charge is 0.378 e. The van der Waals surface area contributed by atoms with Crippen LogP contribution in [-0.4, -0.2) is 0 Å². The second-order valence-electron chi connectivity index (χ2n) is 5.13. The Morgan fingerprint density at radius 3 is 2.05 bits per heavy atom. The molecule has 0 spiro atoms. The van der Waals surface area contributed by atoms with Crippen LogP contribution in [0.4, 0.5) is 5.69 Å². The summed E-state index contributed by atoms with van der Waals surface area (Å²) in [6.45, 7) is 6.64. The van der Waals surface area contributed by atoms with Gasteiger partial charge in [0, 0.05) is 16.2 Å². The van der Waals surface area contributed by atoms with Crippen molar-refractivity contribution in [1.29, 1.82) is 0 Å². The van der Waals surface area contributed by atoms with Gasteiger partial charge in [-0.05, 0) is 36.1 Å². The molecule has 0 heterocycles. The summed E-state index contributed by atoms with van der Waals surface area (Å²) in [4.78, 5) is 0. The van der Waals surface area contributed by atoms with E-state index in [1.54, 1.807) is 0 Å². The van der Waals surface area contributed by atoms with Crippen molar-refractivity contribution in [2.75, 3.05) is 5.32 Å². The van der Waals surface area contributed by atoms with Crippen molar-refractivity contribution in [2.45, 2.75) is 32.7 Å². The van der Waals surface area contributed by atoms with Crippen molar-refractivity contribution >= 4 is 21.6 Å². The van der Waals surface area contributed by atoms with E-state index in [1.165, 1.54) is 16.8 Å². The van der Waals surface area contributed by atoms with Crippen molar-refractivity contribution in [2.24, 2.45) is 0 Å². The molecule has 19 heavy (non-hydrogen) atoms. The molecule has 0 radical (unpaired) electrons. The van der Waals surface area contributed by atoms with Crippen LogP contribution in [0.3, 0.4) is 0 Å². The molecule has 2 rings (SSSR count). The third-order valence-electron chi connectivity index (χ3n) is 3.33. The summed E-state index contributed by atoms with van der Waals surface area (Å²) in [5.74, 6) is 0.523. The highest BCUT2D eigenvalue weighted by Gasteiger charge is 2.11. The number of anilines is 1. The van der Waals surface area contributed by atoms with Crippen LogP contribution < -0.4 is 5.32 Å². The number of halogens is 1. The Bertz CT molecular complexity index is 548. The van der Waals surface area contributed by atoms with Crippen molar-refractivity contribution in [3.05, 3.63) is 64.1 Å². The first kappa shape index (κ1) is 14.1. The lowest BCUT2D eigenvalue weighted by Crippen LogP contribution is -2.09. The van der Waals surface area contributed by atoms with Gasteiger partial charge in [0.25, 0.3) is 0 Å². The molecule has 0 bridgehead atoms. The quantitative estimate of drug-likeness (QED) is 0.757. The van der Waals surface area contributed by atoms with Crippen LogP contribution in [0.5, 0.6) is 0 Å². The average Bonchev–Trinajstić information content (AvgIpc) is 2.39. The zero-order valence-electron chi connectivity index (χ0n) is 11.7. The average molecular weight is 318 g/mol. The van der Waals surface area contributed by atoms with Gasteiger partial charge in [-0.3, -0.25) is 0 Å². The highest BCUT2D eigenvalue weighted by molar-refractivity contribution is 9.10. The smallest absolute Gasteiger partial charge is 0.0496 e. The Labute approximate surface area is 124 Å². The summed E-state index contributed by atoms with van der Waals surface area (Å²) >= 11 is 3.62. The maximum absolute atomic E-state index is 3.62. The van der Waals surface area contributed by atoms with Crippen molar-refractivity contribution in [3.8, 4) is 0 Å². The Kier molecular flexibility index (Phi) is 4.65. The summed E-state index contributed by atoms with van der Waals surface area (Å²) in [6.07, 6.45) is 0. The minimum absolute atomic E-state index is 0.274. The Morgan fingerprint density at radius 2 is 1.42 bits per heavy atom. The molecule has 2 heteroatoms. The van der Waals surface area contributed by atoms with E-state index < -0.39 is 0 Å². The summed E-state index contributed by atoms with van der Waals surface area (Å²) in [5.41, 5.74) is 3.86. The van der Waals surface area contributed by atoms with E-state index in [0.717, 1.165) is 4.47 Å². The maximum Gasteiger partial charge on any atom is 0.0496 e. The first-order chi connectivity index (χ1) is 9.09. The molecule has 0 fully saturated rings. The molecule has 0 aliphatic heterocycles. The molecular formula is C17H20BrN. The molecule has 2 aromatic rings. The first-order valence-electron chi connectivity index (χ1n) is 6.69. The lowest BCUT2D eigenvalue weighted by atomic mass is 10.00. The molecule has 1 unspecified atom stereocenters. The molecule has 100 valence electrons. The monoisotopic (exact) mass is 317 g/mol. The van der Waals surface area contributed by atoms with Crippen molar-refractivity contribution in [1.82, 2.24) is 0 Å². The Balaban J connectivity index is 2.24. The van der Waals surface area contributed by atoms with Crippen LogP contribution >= 0.6 is 15.9 Å². The third-order valence-corrected chi connectivity index (χ3v) is 4.05. The molecule has 2 aromatic carbocycles. The van der Waals surface area contributed by atoms with Gasteiger partial charge < -0.3 is 5.32 Å². The van der Waals surface area contributed by atoms with Gasteiger partial charge in [0.1, 0.15) is 0 Å². The van der Waals surface area contributed by atoms with Gasteiger partial charge in [0.15, 0.2) is 0 Å². The van der Waals surface area contributed by atoms with E-state index in [2.05, 4.69) is 84.5 Å². The standard InChI is InChI=1S/C17H20BrN/c1-12(2)14-8-5-7-11-17(14)19-13(3)15-9-4-6-10-16(15)18/h4-13,19H,1-3H3. The second-order valence-corrected chi connectivity index (χ2v) is 5.98. The summed E-state index contributed by atoms with van der Waals surface area (Å²) in [5, 5.41) is 3.62. The van der Waals surface area contributed by atoms with Crippen LogP contribution in [0.2, 0.25) is 0 Å². The molecule has 1 atom stereocenters. The molecule has 0 aromatic heterocycles. The number of para-hydroxylation sites is 1. The maximum atomic E-state index is 3.62. The van der Waals surface area contributed by atoms with Crippen LogP contribution in [0, 0.1) is 0 Å². The minimum atomic E-state index is 0.274. The van der Waals surface area contributed by atoms with Crippen molar-refractivity contribution in [3.63, 3.8) is 0 Å². The fourth-order valence-corrected chi connectivity index (χ4v) is 2.90. The minimum Gasteiger partial charge on any atom is -0.378 e. The zero-order valence-corrected chi connectivity index (χ0v) is 13.2. The lowest BCUT2D eigenvalue weighted by Gasteiger charge is -2.21. The first-order valence-corrected chi connectivity index (χ1v) is 7.48. The predicted octanol–water partition coefficient (Wildman–Crippen LogP) is 5.75. The van der Waals surface area contributed by atoms with E-state index in [-0.39, 0.29) is 6.04 Å². The number of nitrogens with one attached hydrogen (secondary N) is 1. The molecule has 0 aliphatic carbocycles. The van der Waals surface area contributed by atoms with E-state index in [9.17, 15) is 0 Å². The van der Waals surface area contributed by atoms with Gasteiger partial charge in [-0.15, -0.1) is 0 Å². The van der Waals surface area contributed by atoms with Gasteiger partial charge in [0.2, 0.25) is 0 Å². The summed E-state index contributed by atoms with van der Waals surface area (Å²) in [6, 6.07) is 17.2. The highest BCUT2D eigenvalue weighted by atomic mass is 79.9. The molecule has 0 saturated carbocycles. The number of hydrogen-bond donors (Lipinski definition) is 1. The van der Waals surface area contributed by atoms with Crippen LogP contribution in [0.1, 0.15) is 43.9 Å². The van der Waals surface area contributed by atoms with Gasteiger partial charge in [0.05, 0.1) is 0 Å². The lowest BCUT2D eigenvalue weighted by molar-refractivity contribution is 0.839. The van der Waals surface area contributed by atoms with Crippen LogP contribution in [-0.2, 0) is 0 Å². The SMILES string of the molecule is CC(C)c1ccccc1NC(C)c1ccccc1Br. The number of hydrogen-bond acceptors (Lipinski definition) is 1. The highest BCUT2D eigenvalue weighted by Crippen LogP contribution is 2.30. The van der Waals surface area contributed by atoms with Gasteiger partial charge in [-0.1, -0.05) is 66.2 Å². The predicted molar refractivity (Wildman–Crippen MR) is 86.7 cm³/mol. The van der Waals surface area contributed by atoms with Gasteiger partial charge >= 0.3 is 0 Å². The topological polar surface area (TPSA) is 12.0 Å². The van der Waals surface area contributed by atoms with Gasteiger partial charge in [-0.25, -0.2) is 0 Å². The Morgan fingerprint density at radius 1 is 0.842 bits per heavy atom. The molecule has 0 aliphatic rings. The number of benzene rings is 2. The van der Waals surface area contributed by atoms with E-state index in [0.29, 0.717) is 5.92 Å². The van der Waals surface area contributed by atoms with E-state index in [4.69, 9.17) is 0 Å². The molecule has 0 amide bonds. The fourth-order valence-electron chi connectivity index (χ4n) is 2.27. The van der Waals surface area contributed by atoms with Crippen LogP contribution in [0.15, 0.2) is 53.0 Å². The second kappa shape index (κ2) is 6.25. The summed E-state index contributed by atoms with van der Waals surface area (Å²) < 4.78 is 1.15. The van der Waals surface area contributed by atoms with E-state index >= 15 is 0 Å². The summed E-state index contributed by atoms with van der Waals surface area (Å²) in [7, 11) is 0. The fraction of sp³-hybridized carbons (Fsp3) is 0.294. The Hall–Kier alpha value is -1.28. The number of rotatable bonds is 4. The van der Waals surface area contributed by atoms with Crippen LogP contribution in [0.25, 0.3) is 0 Å². The zero-order chi connectivity index (χ0) is 13.8. The van der Waals surface area contributed by atoms with E-state index in [1.807, 2.05) is 6.07 Å². The molecule has 1 N–H and O–H groups in total. The van der Waals surface area contributed by atoms with Crippen molar-refractivity contribution < 1.29 is 0 Å². The normalized spacial score (nSPS) is 12.5.